The molecule has 1 aromatic carbocycles. The van der Waals surface area contributed by atoms with Gasteiger partial charge in [0.1, 0.15) is 0 Å². The van der Waals surface area contributed by atoms with Crippen LogP contribution in [0.25, 0.3) is 0 Å². The van der Waals surface area contributed by atoms with Gasteiger partial charge in [0, 0.05) is 11.5 Å². The lowest BCUT2D eigenvalue weighted by Gasteiger charge is -2.56. The molecule has 2 nitrogen and oxygen atoms in total. The number of benzene rings is 1. The van der Waals surface area contributed by atoms with E-state index in [4.69, 9.17) is 0 Å². The molecular weight excluding hydrogens is 302 g/mol. The smallest absolute Gasteiger partial charge is 0.0144 e. The Labute approximate surface area is 126 Å². The Morgan fingerprint density at radius 3 is 2.84 bits per heavy atom. The number of nitrogens with one attached hydrogen (secondary N) is 1. The Kier molecular flexibility index (Phi) is 4.38. The third-order valence-electron chi connectivity index (χ3n) is 5.55. The molecule has 0 spiro atoms. The van der Waals surface area contributed by atoms with Crippen LogP contribution in [0.3, 0.4) is 0 Å². The molecule has 1 saturated heterocycles. The minimum Gasteiger partial charge on any atom is -0.412 e. The predicted octanol–water partition coefficient (Wildman–Crippen LogP) is 2.79. The number of hydrogen-bond donors (Lipinski definition) is 1. The van der Waals surface area contributed by atoms with Crippen molar-refractivity contribution in [3.8, 4) is 0 Å². The molecule has 3 atom stereocenters. The quantitative estimate of drug-likeness (QED) is 0.783. The first-order chi connectivity index (χ1) is 8.40. The molecule has 1 saturated carbocycles. The average molecular weight is 326 g/mol. The van der Waals surface area contributed by atoms with Crippen LogP contribution in [0.1, 0.15) is 43.2 Å². The molecular formula is C16H24BrNO. The molecule has 3 aliphatic rings. The summed E-state index contributed by atoms with van der Waals surface area (Å²) in [6, 6.07) is 10.0. The van der Waals surface area contributed by atoms with Gasteiger partial charge in [0.2, 0.25) is 0 Å². The molecule has 3 heteroatoms. The molecule has 19 heavy (non-hydrogen) atoms. The van der Waals surface area contributed by atoms with E-state index in [0.717, 1.165) is 12.0 Å². The van der Waals surface area contributed by atoms with E-state index in [1.165, 1.54) is 45.1 Å². The van der Waals surface area contributed by atoms with Crippen LogP contribution < -0.4 is 5.32 Å². The van der Waals surface area contributed by atoms with Crippen molar-refractivity contribution in [1.82, 2.24) is 5.32 Å². The van der Waals surface area contributed by atoms with Gasteiger partial charge in [-0.05, 0) is 49.3 Å². The molecule has 0 amide bonds. The Bertz CT molecular complexity index is 446. The van der Waals surface area contributed by atoms with Crippen molar-refractivity contribution in [2.45, 2.75) is 50.0 Å². The molecule has 1 heterocycles. The summed E-state index contributed by atoms with van der Waals surface area (Å²) in [6.07, 6.45) is 8.41. The van der Waals surface area contributed by atoms with Crippen LogP contribution in [0.2, 0.25) is 0 Å². The lowest BCUT2D eigenvalue weighted by atomic mass is 9.53. The second-order valence-corrected chi connectivity index (χ2v) is 6.18. The first-order valence-corrected chi connectivity index (χ1v) is 7.22. The fraction of sp³-hybridized carbons (Fsp3) is 0.625. The zero-order valence-electron chi connectivity index (χ0n) is 11.3. The van der Waals surface area contributed by atoms with Crippen LogP contribution in [0.5, 0.6) is 0 Å². The Balaban J connectivity index is 0.000000667. The molecule has 2 bridgehead atoms. The Hall–Kier alpha value is -0.380. The molecule has 0 aromatic heterocycles. The minimum atomic E-state index is 0. The molecule has 3 N–H and O–H groups in total. The normalized spacial score (nSPS) is 35.2. The topological polar surface area (TPSA) is 43.5 Å². The number of rotatable bonds is 0. The molecule has 106 valence electrons. The number of piperidine rings is 1. The third-order valence-corrected chi connectivity index (χ3v) is 5.55. The molecule has 1 aliphatic heterocycles. The van der Waals surface area contributed by atoms with Crippen LogP contribution in [0.15, 0.2) is 24.3 Å². The summed E-state index contributed by atoms with van der Waals surface area (Å²) >= 11 is 0. The van der Waals surface area contributed by atoms with Crippen LogP contribution in [-0.4, -0.2) is 18.1 Å². The van der Waals surface area contributed by atoms with E-state index in [9.17, 15) is 0 Å². The SMILES string of the molecule is Br.O.c1ccc2c(c1)C[C@H]1NCC[C@@]23CCCC[C@H]13. The largest absolute Gasteiger partial charge is 0.412 e. The van der Waals surface area contributed by atoms with Crippen molar-refractivity contribution >= 4 is 17.0 Å². The number of halogens is 1. The van der Waals surface area contributed by atoms with E-state index < -0.39 is 0 Å². The zero-order chi connectivity index (χ0) is 11.3. The first-order valence-electron chi connectivity index (χ1n) is 7.22. The van der Waals surface area contributed by atoms with E-state index in [0.29, 0.717) is 5.41 Å². The molecule has 0 radical (unpaired) electrons. The summed E-state index contributed by atoms with van der Waals surface area (Å²) in [5.74, 6) is 0.917. The minimum absolute atomic E-state index is 0. The standard InChI is InChI=1S/C16H21N.BrH.H2O/c1-2-6-13-12(5-1)11-15-14-7-3-4-8-16(13,14)9-10-17-15;;/h1-2,5-6,14-15,17H,3-4,7-11H2;1H;1H2/t14-,15-,16+;;/m1../s1. The fourth-order valence-electron chi connectivity index (χ4n) is 4.89. The molecule has 2 fully saturated rings. The van der Waals surface area contributed by atoms with Gasteiger partial charge < -0.3 is 10.8 Å². The maximum atomic E-state index is 3.79. The van der Waals surface area contributed by atoms with Gasteiger partial charge >= 0.3 is 0 Å². The zero-order valence-corrected chi connectivity index (χ0v) is 13.0. The molecule has 4 rings (SSSR count). The lowest BCUT2D eigenvalue weighted by molar-refractivity contribution is 0.0798. The average Bonchev–Trinajstić information content (AvgIpc) is 2.39. The second kappa shape index (κ2) is 5.55. The molecule has 2 aliphatic carbocycles. The number of fused-ring (bicyclic) bond motifs is 1. The van der Waals surface area contributed by atoms with Gasteiger partial charge in [-0.25, -0.2) is 0 Å². The van der Waals surface area contributed by atoms with Gasteiger partial charge in [0.25, 0.3) is 0 Å². The summed E-state index contributed by atoms with van der Waals surface area (Å²) in [7, 11) is 0. The fourth-order valence-corrected chi connectivity index (χ4v) is 4.89. The maximum Gasteiger partial charge on any atom is 0.0144 e. The second-order valence-electron chi connectivity index (χ2n) is 6.18. The summed E-state index contributed by atoms with van der Waals surface area (Å²) in [5.41, 5.74) is 3.88. The van der Waals surface area contributed by atoms with Gasteiger partial charge in [0.05, 0.1) is 0 Å². The summed E-state index contributed by atoms with van der Waals surface area (Å²) in [4.78, 5) is 0. The third kappa shape index (κ3) is 2.07. The highest BCUT2D eigenvalue weighted by molar-refractivity contribution is 8.93. The van der Waals surface area contributed by atoms with Crippen LogP contribution in [0, 0.1) is 5.92 Å². The van der Waals surface area contributed by atoms with Gasteiger partial charge in [-0.15, -0.1) is 17.0 Å². The predicted molar refractivity (Wildman–Crippen MR) is 84.1 cm³/mol. The lowest BCUT2D eigenvalue weighted by Crippen LogP contribution is -2.59. The van der Waals surface area contributed by atoms with E-state index in [1.54, 1.807) is 11.1 Å². The number of hydrogen-bond acceptors (Lipinski definition) is 1. The summed E-state index contributed by atoms with van der Waals surface area (Å²) in [5, 5.41) is 3.79. The van der Waals surface area contributed by atoms with Gasteiger partial charge in [0.15, 0.2) is 0 Å². The van der Waals surface area contributed by atoms with Crippen molar-refractivity contribution in [1.29, 1.82) is 0 Å². The van der Waals surface area contributed by atoms with Crippen molar-refractivity contribution in [2.24, 2.45) is 5.92 Å². The monoisotopic (exact) mass is 325 g/mol. The Morgan fingerprint density at radius 2 is 1.95 bits per heavy atom. The molecule has 0 unspecified atom stereocenters. The highest BCUT2D eigenvalue weighted by Crippen LogP contribution is 2.53. The highest BCUT2D eigenvalue weighted by atomic mass is 79.9. The van der Waals surface area contributed by atoms with Crippen molar-refractivity contribution in [3.05, 3.63) is 35.4 Å². The van der Waals surface area contributed by atoms with E-state index in [2.05, 4.69) is 29.6 Å². The van der Waals surface area contributed by atoms with Crippen molar-refractivity contribution < 1.29 is 5.48 Å². The van der Waals surface area contributed by atoms with E-state index in [-0.39, 0.29) is 22.5 Å². The Morgan fingerprint density at radius 1 is 1.11 bits per heavy atom. The van der Waals surface area contributed by atoms with Gasteiger partial charge in [-0.1, -0.05) is 37.1 Å². The van der Waals surface area contributed by atoms with E-state index in [1.807, 2.05) is 0 Å². The van der Waals surface area contributed by atoms with Gasteiger partial charge in [-0.3, -0.25) is 0 Å². The van der Waals surface area contributed by atoms with Crippen molar-refractivity contribution in [3.63, 3.8) is 0 Å². The van der Waals surface area contributed by atoms with E-state index >= 15 is 0 Å². The summed E-state index contributed by atoms with van der Waals surface area (Å²) in [6.45, 7) is 1.23. The van der Waals surface area contributed by atoms with Crippen LogP contribution in [0.4, 0.5) is 0 Å². The van der Waals surface area contributed by atoms with Crippen LogP contribution >= 0.6 is 17.0 Å². The first kappa shape index (κ1) is 15.0. The molecule has 1 aromatic rings. The summed E-state index contributed by atoms with van der Waals surface area (Å²) < 4.78 is 0. The van der Waals surface area contributed by atoms with Crippen molar-refractivity contribution in [2.75, 3.05) is 6.54 Å². The van der Waals surface area contributed by atoms with Gasteiger partial charge in [-0.2, -0.15) is 0 Å². The highest BCUT2D eigenvalue weighted by Gasteiger charge is 2.51. The van der Waals surface area contributed by atoms with Crippen LogP contribution in [-0.2, 0) is 11.8 Å². The maximum absolute atomic E-state index is 3.79.